The van der Waals surface area contributed by atoms with Crippen LogP contribution in [0.3, 0.4) is 0 Å². The molecule has 1 aromatic heterocycles. The minimum Gasteiger partial charge on any atom is -0.393 e. The molecule has 0 radical (unpaired) electrons. The highest BCUT2D eigenvalue weighted by Crippen LogP contribution is 2.23. The van der Waals surface area contributed by atoms with E-state index in [0.717, 1.165) is 30.3 Å². The molecule has 0 saturated heterocycles. The standard InChI is InChI=1S/C18H29N3O/c1-3-4-5-6-7-10-16(14-13-15(2)22)21-19-17-11-8-9-12-18(17)20-21/h8-9,11-12,15-16,22H,3-7,10,13-14H2,1-2H3. The molecule has 0 amide bonds. The van der Waals surface area contributed by atoms with Gasteiger partial charge in [-0.2, -0.15) is 15.0 Å². The molecule has 2 unspecified atom stereocenters. The summed E-state index contributed by atoms with van der Waals surface area (Å²) < 4.78 is 0. The van der Waals surface area contributed by atoms with Gasteiger partial charge in [0.05, 0.1) is 12.1 Å². The van der Waals surface area contributed by atoms with Gasteiger partial charge < -0.3 is 5.11 Å². The summed E-state index contributed by atoms with van der Waals surface area (Å²) in [6.45, 7) is 4.09. The van der Waals surface area contributed by atoms with Crippen LogP contribution in [0.15, 0.2) is 24.3 Å². The SMILES string of the molecule is CCCCCCCC(CCC(C)O)n1nc2ccccc2n1. The molecular weight excluding hydrogens is 274 g/mol. The number of aliphatic hydroxyl groups excluding tert-OH is 1. The first kappa shape index (κ1) is 16.9. The minimum atomic E-state index is -0.257. The van der Waals surface area contributed by atoms with Gasteiger partial charge in [-0.25, -0.2) is 0 Å². The molecule has 0 aliphatic heterocycles. The molecular formula is C18H29N3O. The number of benzene rings is 1. The van der Waals surface area contributed by atoms with Crippen LogP contribution in [-0.4, -0.2) is 26.2 Å². The normalized spacial score (nSPS) is 14.3. The molecule has 1 N–H and O–H groups in total. The van der Waals surface area contributed by atoms with E-state index in [2.05, 4.69) is 17.1 Å². The Kier molecular flexibility index (Phi) is 6.84. The molecule has 0 bridgehead atoms. The van der Waals surface area contributed by atoms with Gasteiger partial charge in [0, 0.05) is 0 Å². The molecule has 4 heteroatoms. The van der Waals surface area contributed by atoms with Crippen LogP contribution in [0.25, 0.3) is 11.0 Å². The first-order chi connectivity index (χ1) is 10.7. The molecule has 0 saturated carbocycles. The van der Waals surface area contributed by atoms with E-state index < -0.39 is 0 Å². The van der Waals surface area contributed by atoms with Gasteiger partial charge in [0.1, 0.15) is 11.0 Å². The predicted molar refractivity (Wildman–Crippen MR) is 90.9 cm³/mol. The molecule has 4 nitrogen and oxygen atoms in total. The molecule has 0 aliphatic carbocycles. The molecule has 2 rings (SSSR count). The van der Waals surface area contributed by atoms with E-state index in [1.807, 2.05) is 36.0 Å². The van der Waals surface area contributed by atoms with Crippen molar-refractivity contribution in [2.24, 2.45) is 0 Å². The van der Waals surface area contributed by atoms with Crippen molar-refractivity contribution in [3.63, 3.8) is 0 Å². The first-order valence-electron chi connectivity index (χ1n) is 8.70. The van der Waals surface area contributed by atoms with Crippen LogP contribution in [0.5, 0.6) is 0 Å². The van der Waals surface area contributed by atoms with Crippen molar-refractivity contribution in [1.29, 1.82) is 0 Å². The number of nitrogens with zero attached hydrogens (tertiary/aromatic N) is 3. The Labute approximate surface area is 133 Å². The molecule has 1 heterocycles. The van der Waals surface area contributed by atoms with Crippen molar-refractivity contribution in [3.8, 4) is 0 Å². The van der Waals surface area contributed by atoms with Gasteiger partial charge in [-0.1, -0.05) is 51.2 Å². The molecule has 0 spiro atoms. The maximum Gasteiger partial charge on any atom is 0.113 e. The van der Waals surface area contributed by atoms with E-state index >= 15 is 0 Å². The Morgan fingerprint density at radius 2 is 1.59 bits per heavy atom. The lowest BCUT2D eigenvalue weighted by atomic mass is 10.0. The van der Waals surface area contributed by atoms with Crippen LogP contribution in [-0.2, 0) is 0 Å². The molecule has 0 fully saturated rings. The van der Waals surface area contributed by atoms with Crippen molar-refractivity contribution in [3.05, 3.63) is 24.3 Å². The highest BCUT2D eigenvalue weighted by atomic mass is 16.3. The fourth-order valence-corrected chi connectivity index (χ4v) is 2.83. The Morgan fingerprint density at radius 1 is 0.955 bits per heavy atom. The highest BCUT2D eigenvalue weighted by Gasteiger charge is 2.15. The van der Waals surface area contributed by atoms with Crippen LogP contribution in [0.2, 0.25) is 0 Å². The fraction of sp³-hybridized carbons (Fsp3) is 0.667. The summed E-state index contributed by atoms with van der Waals surface area (Å²) in [6.07, 6.45) is 8.98. The predicted octanol–water partition coefficient (Wildman–Crippen LogP) is 4.49. The summed E-state index contributed by atoms with van der Waals surface area (Å²) in [5.74, 6) is 0. The van der Waals surface area contributed by atoms with E-state index in [4.69, 9.17) is 0 Å². The summed E-state index contributed by atoms with van der Waals surface area (Å²) in [4.78, 5) is 1.88. The second-order valence-electron chi connectivity index (χ2n) is 6.29. The van der Waals surface area contributed by atoms with E-state index in [1.165, 1.54) is 32.1 Å². The van der Waals surface area contributed by atoms with Crippen molar-refractivity contribution in [2.45, 2.75) is 77.4 Å². The molecule has 2 atom stereocenters. The average Bonchev–Trinajstić information content (AvgIpc) is 2.93. The van der Waals surface area contributed by atoms with Crippen LogP contribution < -0.4 is 0 Å². The van der Waals surface area contributed by atoms with Crippen LogP contribution in [0.4, 0.5) is 0 Å². The van der Waals surface area contributed by atoms with Gasteiger partial charge in [-0.3, -0.25) is 0 Å². The van der Waals surface area contributed by atoms with Crippen LogP contribution >= 0.6 is 0 Å². The number of hydrogen-bond acceptors (Lipinski definition) is 3. The van der Waals surface area contributed by atoms with E-state index in [-0.39, 0.29) is 6.10 Å². The quantitative estimate of drug-likeness (QED) is 0.658. The van der Waals surface area contributed by atoms with Crippen molar-refractivity contribution >= 4 is 11.0 Å². The maximum absolute atomic E-state index is 9.58. The average molecular weight is 303 g/mol. The third-order valence-corrected chi connectivity index (χ3v) is 4.19. The summed E-state index contributed by atoms with van der Waals surface area (Å²) >= 11 is 0. The molecule has 0 aliphatic rings. The summed E-state index contributed by atoms with van der Waals surface area (Å²) in [6, 6.07) is 8.30. The molecule has 22 heavy (non-hydrogen) atoms. The monoisotopic (exact) mass is 303 g/mol. The van der Waals surface area contributed by atoms with Gasteiger partial charge in [-0.05, 0) is 38.3 Å². The Bertz CT molecular complexity index is 517. The van der Waals surface area contributed by atoms with Gasteiger partial charge in [0.2, 0.25) is 0 Å². The van der Waals surface area contributed by atoms with Crippen LogP contribution in [0, 0.1) is 0 Å². The second-order valence-corrected chi connectivity index (χ2v) is 6.29. The number of aromatic nitrogens is 3. The molecule has 1 aromatic carbocycles. The smallest absolute Gasteiger partial charge is 0.113 e. The van der Waals surface area contributed by atoms with E-state index in [9.17, 15) is 5.11 Å². The van der Waals surface area contributed by atoms with Gasteiger partial charge in [0.15, 0.2) is 0 Å². The Balaban J connectivity index is 1.99. The third kappa shape index (κ3) is 5.09. The van der Waals surface area contributed by atoms with E-state index in [0.29, 0.717) is 6.04 Å². The third-order valence-electron chi connectivity index (χ3n) is 4.19. The van der Waals surface area contributed by atoms with Crippen molar-refractivity contribution in [2.75, 3.05) is 0 Å². The number of hydrogen-bond donors (Lipinski definition) is 1. The number of aliphatic hydroxyl groups is 1. The van der Waals surface area contributed by atoms with Crippen molar-refractivity contribution in [1.82, 2.24) is 15.0 Å². The van der Waals surface area contributed by atoms with Gasteiger partial charge in [0.25, 0.3) is 0 Å². The van der Waals surface area contributed by atoms with Crippen molar-refractivity contribution < 1.29 is 5.11 Å². The minimum absolute atomic E-state index is 0.257. The van der Waals surface area contributed by atoms with Crippen LogP contribution in [0.1, 0.15) is 71.3 Å². The zero-order valence-corrected chi connectivity index (χ0v) is 13.9. The number of unbranched alkanes of at least 4 members (excludes halogenated alkanes) is 4. The zero-order valence-electron chi connectivity index (χ0n) is 13.9. The molecule has 2 aromatic rings. The number of fused-ring (bicyclic) bond motifs is 1. The number of rotatable bonds is 10. The maximum atomic E-state index is 9.58. The zero-order chi connectivity index (χ0) is 15.8. The van der Waals surface area contributed by atoms with E-state index in [1.54, 1.807) is 0 Å². The topological polar surface area (TPSA) is 50.9 Å². The summed E-state index contributed by atoms with van der Waals surface area (Å²) in [5, 5.41) is 18.8. The summed E-state index contributed by atoms with van der Waals surface area (Å²) in [5.41, 5.74) is 1.91. The fourth-order valence-electron chi connectivity index (χ4n) is 2.83. The second kappa shape index (κ2) is 8.89. The first-order valence-corrected chi connectivity index (χ1v) is 8.70. The summed E-state index contributed by atoms with van der Waals surface area (Å²) in [7, 11) is 0. The van der Waals surface area contributed by atoms with Gasteiger partial charge in [-0.15, -0.1) is 0 Å². The largest absolute Gasteiger partial charge is 0.393 e. The Hall–Kier alpha value is -1.42. The highest BCUT2D eigenvalue weighted by molar-refractivity contribution is 5.72. The van der Waals surface area contributed by atoms with Gasteiger partial charge >= 0.3 is 0 Å². The lowest BCUT2D eigenvalue weighted by molar-refractivity contribution is 0.168. The lowest BCUT2D eigenvalue weighted by Gasteiger charge is -2.17. The molecule has 122 valence electrons. The lowest BCUT2D eigenvalue weighted by Crippen LogP contribution is -2.15. The Morgan fingerprint density at radius 3 is 2.18 bits per heavy atom.